The Morgan fingerprint density at radius 2 is 2.20 bits per heavy atom. The molecule has 7 nitrogen and oxygen atoms in total. The van der Waals surface area contributed by atoms with E-state index < -0.39 is 10.0 Å². The second-order valence-electron chi connectivity index (χ2n) is 5.95. The van der Waals surface area contributed by atoms with Gasteiger partial charge in [0.1, 0.15) is 10.6 Å². The molecule has 0 amide bonds. The second kappa shape index (κ2) is 6.40. The summed E-state index contributed by atoms with van der Waals surface area (Å²) in [5, 5.41) is 10.8. The molecule has 4 rings (SSSR count). The molecule has 0 N–H and O–H groups in total. The van der Waals surface area contributed by atoms with Gasteiger partial charge in [0.2, 0.25) is 10.0 Å². The fourth-order valence-corrected chi connectivity index (χ4v) is 5.07. The number of nitrogens with zero attached hydrogens (tertiary/aromatic N) is 5. The van der Waals surface area contributed by atoms with E-state index in [-0.39, 0.29) is 4.90 Å². The van der Waals surface area contributed by atoms with Crippen molar-refractivity contribution in [1.29, 1.82) is 0 Å². The molecule has 3 aromatic heterocycles. The first kappa shape index (κ1) is 16.5. The number of thiophene rings is 1. The summed E-state index contributed by atoms with van der Waals surface area (Å²) in [5.41, 5.74) is 1.83. The fraction of sp³-hybridized carbons (Fsp3) is 0.375. The molecular formula is C16H19N5O2S2. The van der Waals surface area contributed by atoms with E-state index in [0.717, 1.165) is 29.2 Å². The Labute approximate surface area is 150 Å². The SMILES string of the molecule is CCn1cc(S(=O)(=O)N2CCCn3nc(-c4cccs4)cc3C2)cn1. The van der Waals surface area contributed by atoms with Crippen LogP contribution in [-0.4, -0.2) is 38.8 Å². The summed E-state index contributed by atoms with van der Waals surface area (Å²) in [6.07, 6.45) is 3.76. The van der Waals surface area contributed by atoms with Crippen LogP contribution < -0.4 is 0 Å². The van der Waals surface area contributed by atoms with E-state index >= 15 is 0 Å². The van der Waals surface area contributed by atoms with E-state index in [1.807, 2.05) is 35.2 Å². The van der Waals surface area contributed by atoms with Gasteiger partial charge in [-0.2, -0.15) is 14.5 Å². The van der Waals surface area contributed by atoms with Crippen LogP contribution in [0.1, 0.15) is 19.0 Å². The third kappa shape index (κ3) is 3.03. The molecular weight excluding hydrogens is 358 g/mol. The zero-order valence-electron chi connectivity index (χ0n) is 13.9. The van der Waals surface area contributed by atoms with Crippen LogP contribution in [0.3, 0.4) is 0 Å². The van der Waals surface area contributed by atoms with E-state index in [1.165, 1.54) is 10.5 Å². The van der Waals surface area contributed by atoms with Crippen molar-refractivity contribution in [1.82, 2.24) is 23.9 Å². The van der Waals surface area contributed by atoms with Crippen molar-refractivity contribution >= 4 is 21.4 Å². The Bertz CT molecular complexity index is 972. The summed E-state index contributed by atoms with van der Waals surface area (Å²) >= 11 is 1.63. The maximum atomic E-state index is 13.0. The van der Waals surface area contributed by atoms with Gasteiger partial charge in [-0.05, 0) is 30.9 Å². The van der Waals surface area contributed by atoms with Crippen molar-refractivity contribution in [3.05, 3.63) is 41.7 Å². The van der Waals surface area contributed by atoms with E-state index in [4.69, 9.17) is 0 Å². The van der Waals surface area contributed by atoms with Gasteiger partial charge in [0.15, 0.2) is 0 Å². The van der Waals surface area contributed by atoms with Gasteiger partial charge in [0.25, 0.3) is 0 Å². The first-order valence-corrected chi connectivity index (χ1v) is 10.5. The summed E-state index contributed by atoms with van der Waals surface area (Å²) in [7, 11) is -3.55. The van der Waals surface area contributed by atoms with Crippen molar-refractivity contribution < 1.29 is 8.42 Å². The first-order chi connectivity index (χ1) is 12.1. The van der Waals surface area contributed by atoms with Crippen LogP contribution in [0.4, 0.5) is 0 Å². The molecule has 1 aliphatic heterocycles. The van der Waals surface area contributed by atoms with E-state index in [2.05, 4.69) is 10.2 Å². The Kier molecular flexibility index (Phi) is 4.22. The molecule has 0 saturated heterocycles. The fourth-order valence-electron chi connectivity index (χ4n) is 2.98. The third-order valence-electron chi connectivity index (χ3n) is 4.32. The van der Waals surface area contributed by atoms with Gasteiger partial charge in [-0.3, -0.25) is 9.36 Å². The van der Waals surface area contributed by atoms with Crippen molar-refractivity contribution in [3.63, 3.8) is 0 Å². The molecule has 25 heavy (non-hydrogen) atoms. The largest absolute Gasteiger partial charge is 0.272 e. The Balaban J connectivity index is 1.64. The van der Waals surface area contributed by atoms with Gasteiger partial charge in [0.05, 0.1) is 23.3 Å². The highest BCUT2D eigenvalue weighted by molar-refractivity contribution is 7.89. The lowest BCUT2D eigenvalue weighted by atomic mass is 10.3. The monoisotopic (exact) mass is 377 g/mol. The minimum atomic E-state index is -3.55. The van der Waals surface area contributed by atoms with Gasteiger partial charge in [-0.25, -0.2) is 8.42 Å². The molecule has 0 unspecified atom stereocenters. The summed E-state index contributed by atoms with van der Waals surface area (Å²) in [6.45, 7) is 4.11. The highest BCUT2D eigenvalue weighted by Crippen LogP contribution is 2.27. The minimum absolute atomic E-state index is 0.251. The maximum absolute atomic E-state index is 13.0. The highest BCUT2D eigenvalue weighted by Gasteiger charge is 2.29. The third-order valence-corrected chi connectivity index (χ3v) is 7.01. The summed E-state index contributed by atoms with van der Waals surface area (Å²) in [6, 6.07) is 6.02. The van der Waals surface area contributed by atoms with Crippen LogP contribution in [0, 0.1) is 0 Å². The average molecular weight is 377 g/mol. The molecule has 9 heteroatoms. The van der Waals surface area contributed by atoms with Crippen molar-refractivity contribution in [2.75, 3.05) is 6.54 Å². The van der Waals surface area contributed by atoms with Gasteiger partial charge >= 0.3 is 0 Å². The summed E-state index contributed by atoms with van der Waals surface area (Å²) in [5.74, 6) is 0. The van der Waals surface area contributed by atoms with E-state index in [0.29, 0.717) is 19.6 Å². The smallest absolute Gasteiger partial charge is 0.246 e. The zero-order valence-corrected chi connectivity index (χ0v) is 15.5. The Morgan fingerprint density at radius 3 is 2.92 bits per heavy atom. The molecule has 4 heterocycles. The van der Waals surface area contributed by atoms with Crippen molar-refractivity contribution in [2.45, 2.75) is 37.9 Å². The number of hydrogen-bond acceptors (Lipinski definition) is 5. The van der Waals surface area contributed by atoms with Gasteiger partial charge in [0, 0.05) is 25.8 Å². The summed E-state index contributed by atoms with van der Waals surface area (Å²) in [4.78, 5) is 1.35. The van der Waals surface area contributed by atoms with Crippen molar-refractivity contribution in [2.24, 2.45) is 0 Å². The van der Waals surface area contributed by atoms with Gasteiger partial charge in [-0.1, -0.05) is 6.07 Å². The Morgan fingerprint density at radius 1 is 1.32 bits per heavy atom. The minimum Gasteiger partial charge on any atom is -0.272 e. The lowest BCUT2D eigenvalue weighted by molar-refractivity contribution is 0.410. The zero-order chi connectivity index (χ0) is 17.4. The topological polar surface area (TPSA) is 73.0 Å². The molecule has 0 atom stereocenters. The lowest BCUT2D eigenvalue weighted by Gasteiger charge is -2.18. The molecule has 0 aromatic carbocycles. The lowest BCUT2D eigenvalue weighted by Crippen LogP contribution is -2.30. The molecule has 1 aliphatic rings. The van der Waals surface area contributed by atoms with Crippen LogP contribution in [0.25, 0.3) is 10.6 Å². The Hall–Kier alpha value is -1.97. The molecule has 0 radical (unpaired) electrons. The number of hydrogen-bond donors (Lipinski definition) is 0. The number of aromatic nitrogens is 4. The molecule has 0 fully saturated rings. The molecule has 0 spiro atoms. The van der Waals surface area contributed by atoms with E-state index in [9.17, 15) is 8.42 Å². The second-order valence-corrected chi connectivity index (χ2v) is 8.83. The molecule has 0 saturated carbocycles. The van der Waals surface area contributed by atoms with Crippen LogP contribution in [0.2, 0.25) is 0 Å². The predicted octanol–water partition coefficient (Wildman–Crippen LogP) is 2.42. The highest BCUT2D eigenvalue weighted by atomic mass is 32.2. The van der Waals surface area contributed by atoms with Crippen LogP contribution >= 0.6 is 11.3 Å². The number of sulfonamides is 1. The van der Waals surface area contributed by atoms with Crippen LogP contribution in [0.15, 0.2) is 40.9 Å². The van der Waals surface area contributed by atoms with Crippen LogP contribution in [0.5, 0.6) is 0 Å². The first-order valence-electron chi connectivity index (χ1n) is 8.21. The maximum Gasteiger partial charge on any atom is 0.246 e. The van der Waals surface area contributed by atoms with Gasteiger partial charge < -0.3 is 0 Å². The quantitative estimate of drug-likeness (QED) is 0.700. The normalized spacial score (nSPS) is 15.9. The van der Waals surface area contributed by atoms with Gasteiger partial charge in [-0.15, -0.1) is 11.3 Å². The predicted molar refractivity (Wildman–Crippen MR) is 95.7 cm³/mol. The number of aryl methyl sites for hydroxylation is 2. The summed E-state index contributed by atoms with van der Waals surface area (Å²) < 4.78 is 31.0. The van der Waals surface area contributed by atoms with Crippen molar-refractivity contribution in [3.8, 4) is 10.6 Å². The average Bonchev–Trinajstić information content (AvgIpc) is 3.33. The number of rotatable bonds is 4. The standard InChI is InChI=1S/C16H19N5O2S2/c1-2-19-12-14(10-17-19)25(22,23)20-6-4-7-21-13(11-20)9-15(18-21)16-5-3-8-24-16/h3,5,8-10,12H,2,4,6-7,11H2,1H3. The molecule has 0 aliphatic carbocycles. The molecule has 132 valence electrons. The molecule has 3 aromatic rings. The molecule has 0 bridgehead atoms. The van der Waals surface area contributed by atoms with Crippen LogP contribution in [-0.2, 0) is 29.7 Å². The number of fused-ring (bicyclic) bond motifs is 1. The van der Waals surface area contributed by atoms with E-state index in [1.54, 1.807) is 22.2 Å².